The van der Waals surface area contributed by atoms with Gasteiger partial charge in [0.05, 0.1) is 6.10 Å². The molecule has 0 bridgehead atoms. The average molecular weight is 168 g/mol. The Bertz CT molecular complexity index is 160. The van der Waals surface area contributed by atoms with Crippen LogP contribution in [-0.4, -0.2) is 12.7 Å². The van der Waals surface area contributed by atoms with Gasteiger partial charge in [-0.05, 0) is 32.1 Å². The van der Waals surface area contributed by atoms with Crippen LogP contribution in [0.2, 0.25) is 0 Å². The molecule has 70 valence electrons. The van der Waals surface area contributed by atoms with Crippen molar-refractivity contribution in [1.29, 1.82) is 0 Å². The molecule has 1 heteroatoms. The lowest BCUT2D eigenvalue weighted by Crippen LogP contribution is -2.22. The molecule has 1 rings (SSSR count). The molecule has 0 aromatic rings. The first kappa shape index (κ1) is 9.79. The van der Waals surface area contributed by atoms with Crippen LogP contribution >= 0.6 is 0 Å². The summed E-state index contributed by atoms with van der Waals surface area (Å²) in [5, 5.41) is 0. The lowest BCUT2D eigenvalue weighted by Gasteiger charge is -2.25. The fraction of sp³-hybridized carbons (Fsp3) is 0.818. The van der Waals surface area contributed by atoms with Gasteiger partial charge < -0.3 is 4.74 Å². The van der Waals surface area contributed by atoms with Crippen LogP contribution in [0.3, 0.4) is 0 Å². The summed E-state index contributed by atoms with van der Waals surface area (Å²) in [6.45, 7) is 7.63. The van der Waals surface area contributed by atoms with E-state index in [4.69, 9.17) is 4.74 Å². The second-order valence-electron chi connectivity index (χ2n) is 3.91. The van der Waals surface area contributed by atoms with E-state index in [9.17, 15) is 0 Å². The summed E-state index contributed by atoms with van der Waals surface area (Å²) in [6, 6.07) is 0. The molecule has 0 aliphatic carbocycles. The molecule has 0 N–H and O–H groups in total. The zero-order valence-corrected chi connectivity index (χ0v) is 8.47. The fourth-order valence-electron chi connectivity index (χ4n) is 1.55. The van der Waals surface area contributed by atoms with Crippen molar-refractivity contribution < 1.29 is 4.74 Å². The van der Waals surface area contributed by atoms with Crippen LogP contribution in [0.15, 0.2) is 11.6 Å². The van der Waals surface area contributed by atoms with Crippen molar-refractivity contribution in [2.45, 2.75) is 46.1 Å². The molecule has 0 amide bonds. The third kappa shape index (κ3) is 2.98. The monoisotopic (exact) mass is 168 g/mol. The van der Waals surface area contributed by atoms with Gasteiger partial charge in [-0.3, -0.25) is 0 Å². The van der Waals surface area contributed by atoms with Crippen LogP contribution < -0.4 is 0 Å². The van der Waals surface area contributed by atoms with Crippen LogP contribution in [0.25, 0.3) is 0 Å². The standard InChI is InChI=1S/C11H20O/c1-4-9(2)7-11-8-10(3)5-6-12-11/h7,10-11H,4-6,8H2,1-3H3. The minimum Gasteiger partial charge on any atom is -0.374 e. The quantitative estimate of drug-likeness (QED) is 0.575. The van der Waals surface area contributed by atoms with Gasteiger partial charge in [-0.1, -0.05) is 25.5 Å². The van der Waals surface area contributed by atoms with E-state index >= 15 is 0 Å². The predicted molar refractivity (Wildman–Crippen MR) is 52.2 cm³/mol. The molecule has 0 radical (unpaired) electrons. The van der Waals surface area contributed by atoms with E-state index in [0.29, 0.717) is 6.10 Å². The summed E-state index contributed by atoms with van der Waals surface area (Å²) in [4.78, 5) is 0. The molecular weight excluding hydrogens is 148 g/mol. The Labute approximate surface area is 75.8 Å². The molecule has 0 saturated carbocycles. The molecule has 0 spiro atoms. The van der Waals surface area contributed by atoms with E-state index in [-0.39, 0.29) is 0 Å². The predicted octanol–water partition coefficient (Wildman–Crippen LogP) is 3.16. The van der Waals surface area contributed by atoms with Gasteiger partial charge in [0.25, 0.3) is 0 Å². The second-order valence-corrected chi connectivity index (χ2v) is 3.91. The number of allylic oxidation sites excluding steroid dienone is 1. The van der Waals surface area contributed by atoms with Gasteiger partial charge in [-0.2, -0.15) is 0 Å². The highest BCUT2D eigenvalue weighted by atomic mass is 16.5. The van der Waals surface area contributed by atoms with E-state index in [1.165, 1.54) is 18.4 Å². The topological polar surface area (TPSA) is 9.23 Å². The van der Waals surface area contributed by atoms with Gasteiger partial charge in [0, 0.05) is 6.61 Å². The normalized spacial score (nSPS) is 32.1. The smallest absolute Gasteiger partial charge is 0.0760 e. The van der Waals surface area contributed by atoms with E-state index in [1.807, 2.05) is 0 Å². The maximum atomic E-state index is 5.64. The van der Waals surface area contributed by atoms with Gasteiger partial charge >= 0.3 is 0 Å². The Morgan fingerprint density at radius 1 is 1.58 bits per heavy atom. The largest absolute Gasteiger partial charge is 0.374 e. The molecule has 1 nitrogen and oxygen atoms in total. The second kappa shape index (κ2) is 4.66. The Kier molecular flexibility index (Phi) is 3.80. The van der Waals surface area contributed by atoms with Crippen molar-refractivity contribution >= 4 is 0 Å². The third-order valence-corrected chi connectivity index (χ3v) is 2.61. The van der Waals surface area contributed by atoms with Crippen molar-refractivity contribution in [2.75, 3.05) is 6.61 Å². The van der Waals surface area contributed by atoms with Gasteiger partial charge in [0.1, 0.15) is 0 Å². The number of rotatable bonds is 2. The Balaban J connectivity index is 2.41. The van der Waals surface area contributed by atoms with Crippen molar-refractivity contribution in [3.63, 3.8) is 0 Å². The van der Waals surface area contributed by atoms with E-state index in [0.717, 1.165) is 18.9 Å². The third-order valence-electron chi connectivity index (χ3n) is 2.61. The summed E-state index contributed by atoms with van der Waals surface area (Å²) in [6.07, 6.45) is 6.27. The zero-order valence-electron chi connectivity index (χ0n) is 8.47. The van der Waals surface area contributed by atoms with Crippen LogP contribution in [-0.2, 0) is 4.74 Å². The molecule has 1 heterocycles. The van der Waals surface area contributed by atoms with E-state index in [1.54, 1.807) is 0 Å². The number of ether oxygens (including phenoxy) is 1. The zero-order chi connectivity index (χ0) is 8.97. The van der Waals surface area contributed by atoms with E-state index < -0.39 is 0 Å². The molecule has 2 atom stereocenters. The van der Waals surface area contributed by atoms with Crippen molar-refractivity contribution in [1.82, 2.24) is 0 Å². The average Bonchev–Trinajstić information content (AvgIpc) is 2.04. The molecule has 1 aliphatic rings. The summed E-state index contributed by atoms with van der Waals surface area (Å²) in [5.74, 6) is 0.838. The Hall–Kier alpha value is -0.300. The molecule has 1 aliphatic heterocycles. The summed E-state index contributed by atoms with van der Waals surface area (Å²) in [7, 11) is 0. The molecule has 2 unspecified atom stereocenters. The van der Waals surface area contributed by atoms with Crippen LogP contribution in [0.4, 0.5) is 0 Å². The van der Waals surface area contributed by atoms with Crippen molar-refractivity contribution in [3.05, 3.63) is 11.6 Å². The number of hydrogen-bond acceptors (Lipinski definition) is 1. The minimum absolute atomic E-state index is 0.397. The molecular formula is C11H20O. The minimum atomic E-state index is 0.397. The Morgan fingerprint density at radius 2 is 2.33 bits per heavy atom. The van der Waals surface area contributed by atoms with Crippen LogP contribution in [0, 0.1) is 5.92 Å². The lowest BCUT2D eigenvalue weighted by molar-refractivity contribution is 0.0234. The van der Waals surface area contributed by atoms with Gasteiger partial charge in [0.2, 0.25) is 0 Å². The van der Waals surface area contributed by atoms with Gasteiger partial charge in [0.15, 0.2) is 0 Å². The Morgan fingerprint density at radius 3 is 2.92 bits per heavy atom. The molecule has 1 fully saturated rings. The SMILES string of the molecule is CCC(C)=CC1CC(C)CCO1. The van der Waals surface area contributed by atoms with Crippen molar-refractivity contribution in [3.8, 4) is 0 Å². The van der Waals surface area contributed by atoms with Crippen molar-refractivity contribution in [2.24, 2.45) is 5.92 Å². The lowest BCUT2D eigenvalue weighted by atomic mass is 9.96. The van der Waals surface area contributed by atoms with E-state index in [2.05, 4.69) is 26.8 Å². The van der Waals surface area contributed by atoms with Gasteiger partial charge in [-0.25, -0.2) is 0 Å². The fourth-order valence-corrected chi connectivity index (χ4v) is 1.55. The van der Waals surface area contributed by atoms with Crippen LogP contribution in [0.5, 0.6) is 0 Å². The molecule has 0 aromatic carbocycles. The summed E-state index contributed by atoms with van der Waals surface area (Å²) in [5.41, 5.74) is 1.45. The maximum Gasteiger partial charge on any atom is 0.0760 e. The summed E-state index contributed by atoms with van der Waals surface area (Å²) < 4.78 is 5.64. The van der Waals surface area contributed by atoms with Gasteiger partial charge in [-0.15, -0.1) is 0 Å². The maximum absolute atomic E-state index is 5.64. The molecule has 12 heavy (non-hydrogen) atoms. The van der Waals surface area contributed by atoms with Crippen LogP contribution in [0.1, 0.15) is 40.0 Å². The molecule has 0 aromatic heterocycles. The highest BCUT2D eigenvalue weighted by Gasteiger charge is 2.16. The molecule has 1 saturated heterocycles. The summed E-state index contributed by atoms with van der Waals surface area (Å²) >= 11 is 0. The first-order chi connectivity index (χ1) is 5.72. The highest BCUT2D eigenvalue weighted by molar-refractivity contribution is 5.02. The highest BCUT2D eigenvalue weighted by Crippen LogP contribution is 2.21. The number of hydrogen-bond donors (Lipinski definition) is 0. The first-order valence-electron chi connectivity index (χ1n) is 5.01. The first-order valence-corrected chi connectivity index (χ1v) is 5.01.